The largest absolute Gasteiger partial charge is 0.497 e. The molecule has 1 saturated heterocycles. The molecule has 4 nitrogen and oxygen atoms in total. The van der Waals surface area contributed by atoms with Gasteiger partial charge in [0.2, 0.25) is 0 Å². The molecule has 0 aromatic heterocycles. The average Bonchev–Trinajstić information content (AvgIpc) is 2.92. The van der Waals surface area contributed by atoms with Crippen molar-refractivity contribution in [2.75, 3.05) is 13.7 Å². The molecule has 3 rings (SSSR count). The van der Waals surface area contributed by atoms with Crippen molar-refractivity contribution >= 4 is 34.6 Å². The fourth-order valence-electron chi connectivity index (χ4n) is 2.45. The number of hydrogen-bond donors (Lipinski definition) is 0. The zero-order valence-corrected chi connectivity index (χ0v) is 15.3. The maximum atomic E-state index is 12.6. The maximum Gasteiger partial charge on any atom is 0.266 e. The lowest BCUT2D eigenvalue weighted by Crippen LogP contribution is -2.28. The summed E-state index contributed by atoms with van der Waals surface area (Å²) in [4.78, 5) is 19.7. The van der Waals surface area contributed by atoms with Crippen molar-refractivity contribution in [3.05, 3.63) is 64.6 Å². The summed E-state index contributed by atoms with van der Waals surface area (Å²) in [5.74, 6) is 0.784. The van der Waals surface area contributed by atoms with Crippen LogP contribution in [0.2, 0.25) is 0 Å². The Morgan fingerprint density at radius 1 is 1.12 bits per heavy atom. The van der Waals surface area contributed by atoms with E-state index < -0.39 is 0 Å². The Labute approximate surface area is 152 Å². The van der Waals surface area contributed by atoms with Crippen LogP contribution < -0.4 is 4.74 Å². The number of benzene rings is 2. The molecule has 2 aromatic rings. The van der Waals surface area contributed by atoms with Crippen LogP contribution in [0.5, 0.6) is 5.75 Å². The molecular weight excluding hydrogens is 332 g/mol. The van der Waals surface area contributed by atoms with Gasteiger partial charge < -0.3 is 4.74 Å². The first-order chi connectivity index (χ1) is 12.1. The summed E-state index contributed by atoms with van der Waals surface area (Å²) in [7, 11) is 1.63. The number of carbonyl (C=O) groups is 1. The van der Waals surface area contributed by atoms with E-state index in [-0.39, 0.29) is 5.91 Å². The van der Waals surface area contributed by atoms with Crippen LogP contribution >= 0.6 is 11.8 Å². The molecule has 1 amide bonds. The smallest absolute Gasteiger partial charge is 0.266 e. The van der Waals surface area contributed by atoms with Gasteiger partial charge in [-0.1, -0.05) is 29.8 Å². The zero-order chi connectivity index (χ0) is 17.8. The van der Waals surface area contributed by atoms with Crippen LogP contribution in [-0.2, 0) is 4.79 Å². The number of amides is 1. The van der Waals surface area contributed by atoms with Crippen molar-refractivity contribution in [3.63, 3.8) is 0 Å². The van der Waals surface area contributed by atoms with Gasteiger partial charge in [-0.25, -0.2) is 4.99 Å². The number of aliphatic imine (C=N–C) groups is 1. The number of ether oxygens (including phenoxy) is 1. The highest BCUT2D eigenvalue weighted by atomic mass is 32.2. The lowest BCUT2D eigenvalue weighted by Gasteiger charge is -2.12. The highest BCUT2D eigenvalue weighted by Crippen LogP contribution is 2.34. The van der Waals surface area contributed by atoms with Crippen molar-refractivity contribution in [2.45, 2.75) is 13.8 Å². The molecule has 1 aliphatic rings. The lowest BCUT2D eigenvalue weighted by atomic mass is 10.1. The third-order valence-electron chi connectivity index (χ3n) is 3.88. The minimum Gasteiger partial charge on any atom is -0.497 e. The fraction of sp³-hybridized carbons (Fsp3) is 0.200. The molecule has 0 saturated carbocycles. The molecule has 1 aliphatic heterocycles. The van der Waals surface area contributed by atoms with Crippen LogP contribution in [0.1, 0.15) is 18.1 Å². The zero-order valence-electron chi connectivity index (χ0n) is 14.5. The normalized spacial score (nSPS) is 17.6. The van der Waals surface area contributed by atoms with Gasteiger partial charge in [0.25, 0.3) is 5.91 Å². The van der Waals surface area contributed by atoms with Crippen LogP contribution in [0, 0.1) is 6.92 Å². The van der Waals surface area contributed by atoms with Crippen molar-refractivity contribution in [1.29, 1.82) is 0 Å². The van der Waals surface area contributed by atoms with E-state index in [1.807, 2.05) is 68.5 Å². The van der Waals surface area contributed by atoms with E-state index in [0.717, 1.165) is 17.0 Å². The van der Waals surface area contributed by atoms with E-state index in [4.69, 9.17) is 4.74 Å². The van der Waals surface area contributed by atoms with Crippen molar-refractivity contribution in [3.8, 4) is 5.75 Å². The molecule has 0 atom stereocenters. The van der Waals surface area contributed by atoms with Gasteiger partial charge >= 0.3 is 0 Å². The van der Waals surface area contributed by atoms with E-state index in [9.17, 15) is 4.79 Å². The van der Waals surface area contributed by atoms with Gasteiger partial charge in [0.15, 0.2) is 5.17 Å². The van der Waals surface area contributed by atoms with Gasteiger partial charge in [-0.15, -0.1) is 0 Å². The van der Waals surface area contributed by atoms with Gasteiger partial charge in [-0.05, 0) is 61.5 Å². The molecule has 0 unspecified atom stereocenters. The minimum atomic E-state index is 0.000312. The summed E-state index contributed by atoms with van der Waals surface area (Å²) in [6, 6.07) is 15.6. The topological polar surface area (TPSA) is 41.9 Å². The first-order valence-electron chi connectivity index (χ1n) is 8.11. The molecule has 1 heterocycles. The molecule has 2 aromatic carbocycles. The summed E-state index contributed by atoms with van der Waals surface area (Å²) in [6.45, 7) is 4.59. The summed E-state index contributed by atoms with van der Waals surface area (Å²) in [5.41, 5.74) is 3.01. The van der Waals surface area contributed by atoms with Gasteiger partial charge in [0.1, 0.15) is 5.75 Å². The number of carbonyl (C=O) groups excluding carboxylic acids is 1. The third kappa shape index (κ3) is 3.94. The average molecular weight is 352 g/mol. The molecular formula is C20H20N2O2S. The number of rotatable bonds is 4. The van der Waals surface area contributed by atoms with Crippen LogP contribution in [0.4, 0.5) is 5.69 Å². The van der Waals surface area contributed by atoms with Crippen molar-refractivity contribution < 1.29 is 9.53 Å². The Balaban J connectivity index is 1.88. The predicted octanol–water partition coefficient (Wildman–Crippen LogP) is 4.63. The Hall–Kier alpha value is -2.53. The van der Waals surface area contributed by atoms with Crippen LogP contribution in [-0.4, -0.2) is 29.6 Å². The van der Waals surface area contributed by atoms with Gasteiger partial charge in [-0.2, -0.15) is 0 Å². The Kier molecular flexibility index (Phi) is 5.24. The standard InChI is InChI=1S/C20H20N2O2S/c1-4-22-19(23)18(13-15-7-5-14(2)6-8-15)25-20(22)21-16-9-11-17(24-3)12-10-16/h5-13H,4H2,1-3H3. The number of aryl methyl sites for hydroxylation is 1. The minimum absolute atomic E-state index is 0.000312. The second kappa shape index (κ2) is 7.57. The van der Waals surface area contributed by atoms with Crippen LogP contribution in [0.15, 0.2) is 58.4 Å². The van der Waals surface area contributed by atoms with Crippen molar-refractivity contribution in [2.24, 2.45) is 4.99 Å². The molecule has 128 valence electrons. The number of methoxy groups -OCH3 is 1. The van der Waals surface area contributed by atoms with Crippen LogP contribution in [0.25, 0.3) is 6.08 Å². The van der Waals surface area contributed by atoms with Gasteiger partial charge in [-0.3, -0.25) is 9.69 Å². The Morgan fingerprint density at radius 2 is 1.80 bits per heavy atom. The van der Waals surface area contributed by atoms with Gasteiger partial charge in [0, 0.05) is 6.54 Å². The third-order valence-corrected chi connectivity index (χ3v) is 4.88. The first kappa shape index (κ1) is 17.3. The highest BCUT2D eigenvalue weighted by molar-refractivity contribution is 8.18. The lowest BCUT2D eigenvalue weighted by molar-refractivity contribution is -0.122. The fourth-order valence-corrected chi connectivity index (χ4v) is 3.51. The molecule has 0 spiro atoms. The van der Waals surface area contributed by atoms with Crippen molar-refractivity contribution in [1.82, 2.24) is 4.90 Å². The molecule has 0 N–H and O–H groups in total. The molecule has 0 bridgehead atoms. The summed E-state index contributed by atoms with van der Waals surface area (Å²) >= 11 is 1.41. The monoisotopic (exact) mass is 352 g/mol. The van der Waals surface area contributed by atoms with E-state index in [2.05, 4.69) is 4.99 Å². The summed E-state index contributed by atoms with van der Waals surface area (Å²) in [6.07, 6.45) is 1.92. The van der Waals surface area contributed by atoms with E-state index in [1.165, 1.54) is 17.3 Å². The van der Waals surface area contributed by atoms with E-state index >= 15 is 0 Å². The number of likely N-dealkylation sites (N-methyl/N-ethyl adjacent to an activating group) is 1. The maximum absolute atomic E-state index is 12.6. The number of amidine groups is 1. The predicted molar refractivity (Wildman–Crippen MR) is 104 cm³/mol. The SMILES string of the molecule is CCN1C(=O)C(=Cc2ccc(C)cc2)SC1=Nc1ccc(OC)cc1. The van der Waals surface area contributed by atoms with Gasteiger partial charge in [0.05, 0.1) is 17.7 Å². The highest BCUT2D eigenvalue weighted by Gasteiger charge is 2.32. The second-order valence-electron chi connectivity index (χ2n) is 5.66. The summed E-state index contributed by atoms with van der Waals surface area (Å²) < 4.78 is 5.16. The number of hydrogen-bond acceptors (Lipinski definition) is 4. The Bertz CT molecular complexity index is 824. The molecule has 0 radical (unpaired) electrons. The van der Waals surface area contributed by atoms with E-state index in [0.29, 0.717) is 16.6 Å². The van der Waals surface area contributed by atoms with Crippen LogP contribution in [0.3, 0.4) is 0 Å². The molecule has 25 heavy (non-hydrogen) atoms. The molecule has 5 heteroatoms. The first-order valence-corrected chi connectivity index (χ1v) is 8.93. The number of nitrogens with zero attached hydrogens (tertiary/aromatic N) is 2. The Morgan fingerprint density at radius 3 is 2.40 bits per heavy atom. The molecule has 1 fully saturated rings. The number of thioether (sulfide) groups is 1. The van der Waals surface area contributed by atoms with E-state index in [1.54, 1.807) is 12.0 Å². The second-order valence-corrected chi connectivity index (χ2v) is 6.67. The summed E-state index contributed by atoms with van der Waals surface area (Å²) in [5, 5.41) is 0.705. The molecule has 0 aliphatic carbocycles. The quantitative estimate of drug-likeness (QED) is 0.754.